The van der Waals surface area contributed by atoms with Crippen molar-refractivity contribution >= 4 is 5.91 Å². The average Bonchev–Trinajstić information content (AvgIpc) is 3.11. The molecule has 3 heteroatoms. The van der Waals surface area contributed by atoms with Gasteiger partial charge in [0.2, 0.25) is 5.91 Å². The van der Waals surface area contributed by atoms with Crippen LogP contribution in [0.3, 0.4) is 0 Å². The normalized spacial score (nSPS) is 24.1. The predicted octanol–water partition coefficient (Wildman–Crippen LogP) is 1.34. The quantitative estimate of drug-likeness (QED) is 0.702. The standard InChI is InChI=1S/C12H22N2O/c1-3-14-8-6-11(7-9-14)13(2)12(15)10-4-5-10/h10-11H,3-9H2,1-2H3. The molecule has 1 aliphatic heterocycles. The number of likely N-dealkylation sites (tertiary alicyclic amines) is 1. The fourth-order valence-electron chi connectivity index (χ4n) is 2.42. The van der Waals surface area contributed by atoms with E-state index in [-0.39, 0.29) is 0 Å². The van der Waals surface area contributed by atoms with Crippen LogP contribution in [0.25, 0.3) is 0 Å². The van der Waals surface area contributed by atoms with E-state index in [0.717, 1.165) is 45.3 Å². The summed E-state index contributed by atoms with van der Waals surface area (Å²) >= 11 is 0. The van der Waals surface area contributed by atoms with Crippen molar-refractivity contribution in [3.05, 3.63) is 0 Å². The lowest BCUT2D eigenvalue weighted by molar-refractivity contribution is -0.134. The third kappa shape index (κ3) is 2.51. The molecule has 2 rings (SSSR count). The molecule has 0 aromatic carbocycles. The lowest BCUT2D eigenvalue weighted by atomic mass is 10.0. The molecular formula is C12H22N2O. The van der Waals surface area contributed by atoms with Crippen LogP contribution < -0.4 is 0 Å². The monoisotopic (exact) mass is 210 g/mol. The molecule has 1 heterocycles. The second-order valence-electron chi connectivity index (χ2n) is 4.89. The van der Waals surface area contributed by atoms with E-state index in [0.29, 0.717) is 17.9 Å². The Bertz CT molecular complexity index is 230. The second-order valence-corrected chi connectivity index (χ2v) is 4.89. The maximum atomic E-state index is 11.9. The van der Waals surface area contributed by atoms with Gasteiger partial charge in [-0.1, -0.05) is 6.92 Å². The van der Waals surface area contributed by atoms with Gasteiger partial charge in [0.1, 0.15) is 0 Å². The van der Waals surface area contributed by atoms with Gasteiger partial charge in [0.15, 0.2) is 0 Å². The average molecular weight is 210 g/mol. The van der Waals surface area contributed by atoms with E-state index >= 15 is 0 Å². The molecule has 1 saturated heterocycles. The molecule has 1 saturated carbocycles. The van der Waals surface area contributed by atoms with E-state index in [1.54, 1.807) is 0 Å². The highest BCUT2D eigenvalue weighted by Gasteiger charge is 2.35. The zero-order valence-corrected chi connectivity index (χ0v) is 9.91. The van der Waals surface area contributed by atoms with Crippen molar-refractivity contribution in [2.24, 2.45) is 5.92 Å². The van der Waals surface area contributed by atoms with Crippen molar-refractivity contribution in [3.8, 4) is 0 Å². The SMILES string of the molecule is CCN1CCC(N(C)C(=O)C2CC2)CC1. The summed E-state index contributed by atoms with van der Waals surface area (Å²) < 4.78 is 0. The lowest BCUT2D eigenvalue weighted by Gasteiger charge is -2.36. The van der Waals surface area contributed by atoms with E-state index in [4.69, 9.17) is 0 Å². The maximum Gasteiger partial charge on any atom is 0.225 e. The second kappa shape index (κ2) is 4.52. The molecule has 0 spiro atoms. The van der Waals surface area contributed by atoms with Crippen molar-refractivity contribution < 1.29 is 4.79 Å². The molecule has 0 atom stereocenters. The summed E-state index contributed by atoms with van der Waals surface area (Å²) in [6, 6.07) is 0.501. The molecular weight excluding hydrogens is 188 g/mol. The first-order valence-corrected chi connectivity index (χ1v) is 6.21. The van der Waals surface area contributed by atoms with E-state index in [2.05, 4.69) is 11.8 Å². The third-order valence-electron chi connectivity index (χ3n) is 3.83. The molecule has 2 aliphatic rings. The van der Waals surface area contributed by atoms with Gasteiger partial charge in [-0.05, 0) is 32.2 Å². The summed E-state index contributed by atoms with van der Waals surface area (Å²) in [5, 5.41) is 0. The van der Waals surface area contributed by atoms with Crippen LogP contribution in [0.4, 0.5) is 0 Å². The van der Waals surface area contributed by atoms with Crippen molar-refractivity contribution in [3.63, 3.8) is 0 Å². The summed E-state index contributed by atoms with van der Waals surface area (Å²) in [7, 11) is 1.99. The molecule has 1 amide bonds. The number of amides is 1. The molecule has 2 fully saturated rings. The molecule has 0 bridgehead atoms. The van der Waals surface area contributed by atoms with Crippen LogP contribution in [0.1, 0.15) is 32.6 Å². The first kappa shape index (κ1) is 10.9. The summed E-state index contributed by atoms with van der Waals surface area (Å²) in [5.74, 6) is 0.768. The minimum atomic E-state index is 0.374. The van der Waals surface area contributed by atoms with Crippen LogP contribution in [0.15, 0.2) is 0 Å². The molecule has 0 N–H and O–H groups in total. The first-order valence-electron chi connectivity index (χ1n) is 6.21. The predicted molar refractivity (Wildman–Crippen MR) is 60.6 cm³/mol. The number of hydrogen-bond acceptors (Lipinski definition) is 2. The third-order valence-corrected chi connectivity index (χ3v) is 3.83. The Labute approximate surface area is 92.4 Å². The van der Waals surface area contributed by atoms with Gasteiger partial charge in [-0.3, -0.25) is 4.79 Å². The first-order chi connectivity index (χ1) is 7.22. The van der Waals surface area contributed by atoms with Gasteiger partial charge in [-0.25, -0.2) is 0 Å². The lowest BCUT2D eigenvalue weighted by Crippen LogP contribution is -2.45. The van der Waals surface area contributed by atoms with Gasteiger partial charge in [0.05, 0.1) is 0 Å². The fourth-order valence-corrected chi connectivity index (χ4v) is 2.42. The van der Waals surface area contributed by atoms with Crippen LogP contribution in [-0.2, 0) is 4.79 Å². The summed E-state index contributed by atoms with van der Waals surface area (Å²) in [6.45, 7) is 5.67. The molecule has 0 radical (unpaired) electrons. The van der Waals surface area contributed by atoms with Gasteiger partial charge in [0, 0.05) is 32.1 Å². The molecule has 0 aromatic heterocycles. The number of carbonyl (C=O) groups is 1. The van der Waals surface area contributed by atoms with Crippen LogP contribution in [0, 0.1) is 5.92 Å². The largest absolute Gasteiger partial charge is 0.342 e. The van der Waals surface area contributed by atoms with Crippen LogP contribution >= 0.6 is 0 Å². The number of carbonyl (C=O) groups excluding carboxylic acids is 1. The fraction of sp³-hybridized carbons (Fsp3) is 0.917. The van der Waals surface area contributed by atoms with Gasteiger partial charge in [0.25, 0.3) is 0 Å². The Hall–Kier alpha value is -0.570. The van der Waals surface area contributed by atoms with Crippen molar-refractivity contribution in [1.82, 2.24) is 9.80 Å². The number of piperidine rings is 1. The van der Waals surface area contributed by atoms with Crippen LogP contribution in [-0.4, -0.2) is 48.4 Å². The highest BCUT2D eigenvalue weighted by Crippen LogP contribution is 2.32. The Morgan fingerprint density at radius 3 is 2.33 bits per heavy atom. The molecule has 15 heavy (non-hydrogen) atoms. The highest BCUT2D eigenvalue weighted by molar-refractivity contribution is 5.81. The van der Waals surface area contributed by atoms with Crippen LogP contribution in [0.5, 0.6) is 0 Å². The van der Waals surface area contributed by atoms with Gasteiger partial charge >= 0.3 is 0 Å². The number of rotatable bonds is 3. The Balaban J connectivity index is 1.81. The van der Waals surface area contributed by atoms with Crippen molar-refractivity contribution in [2.75, 3.05) is 26.7 Å². The Morgan fingerprint density at radius 1 is 1.27 bits per heavy atom. The molecule has 0 unspecified atom stereocenters. The highest BCUT2D eigenvalue weighted by atomic mass is 16.2. The topological polar surface area (TPSA) is 23.6 Å². The van der Waals surface area contributed by atoms with Crippen LogP contribution in [0.2, 0.25) is 0 Å². The summed E-state index contributed by atoms with van der Waals surface area (Å²) in [6.07, 6.45) is 4.56. The molecule has 86 valence electrons. The molecule has 1 aliphatic carbocycles. The van der Waals surface area contributed by atoms with E-state index in [9.17, 15) is 4.79 Å². The van der Waals surface area contributed by atoms with E-state index in [1.807, 2.05) is 11.9 Å². The van der Waals surface area contributed by atoms with Gasteiger partial charge < -0.3 is 9.80 Å². The zero-order valence-electron chi connectivity index (χ0n) is 9.91. The van der Waals surface area contributed by atoms with E-state index < -0.39 is 0 Å². The zero-order chi connectivity index (χ0) is 10.8. The van der Waals surface area contributed by atoms with Crippen molar-refractivity contribution in [2.45, 2.75) is 38.6 Å². The number of nitrogens with zero attached hydrogens (tertiary/aromatic N) is 2. The van der Waals surface area contributed by atoms with Crippen molar-refractivity contribution in [1.29, 1.82) is 0 Å². The maximum absolute atomic E-state index is 11.9. The molecule has 0 aromatic rings. The number of hydrogen-bond donors (Lipinski definition) is 0. The summed E-state index contributed by atoms with van der Waals surface area (Å²) in [4.78, 5) is 16.4. The molecule has 3 nitrogen and oxygen atoms in total. The summed E-state index contributed by atoms with van der Waals surface area (Å²) in [5.41, 5.74) is 0. The minimum Gasteiger partial charge on any atom is -0.342 e. The Morgan fingerprint density at radius 2 is 1.87 bits per heavy atom. The smallest absolute Gasteiger partial charge is 0.225 e. The van der Waals surface area contributed by atoms with Gasteiger partial charge in [-0.2, -0.15) is 0 Å². The van der Waals surface area contributed by atoms with Gasteiger partial charge in [-0.15, -0.1) is 0 Å². The minimum absolute atomic E-state index is 0.374. The van der Waals surface area contributed by atoms with E-state index in [1.165, 1.54) is 0 Å². The Kier molecular flexibility index (Phi) is 3.29.